The van der Waals surface area contributed by atoms with E-state index in [9.17, 15) is 14.4 Å². The monoisotopic (exact) mass is 399 g/mol. The molecule has 0 aliphatic rings. The number of amides is 1. The number of carbonyl (C=O) groups excluding carboxylic acids is 2. The number of hydrogen-bond donors (Lipinski definition) is 1. The Hall–Kier alpha value is -3.00. The van der Waals surface area contributed by atoms with Crippen molar-refractivity contribution in [2.45, 2.75) is 33.2 Å². The van der Waals surface area contributed by atoms with Gasteiger partial charge >= 0.3 is 5.97 Å². The third kappa shape index (κ3) is 4.12. The molecule has 28 heavy (non-hydrogen) atoms. The molecule has 0 aliphatic carbocycles. The topological polar surface area (TPSA) is 90.3 Å². The van der Waals surface area contributed by atoms with Crippen molar-refractivity contribution in [3.05, 3.63) is 57.5 Å². The van der Waals surface area contributed by atoms with E-state index in [-0.39, 0.29) is 24.6 Å². The Balaban J connectivity index is 1.84. The number of ether oxygens (including phenoxy) is 1. The number of nitrogens with one attached hydrogen (secondary N) is 1. The van der Waals surface area contributed by atoms with Crippen molar-refractivity contribution >= 4 is 39.1 Å². The van der Waals surface area contributed by atoms with Crippen LogP contribution in [-0.2, 0) is 16.1 Å². The van der Waals surface area contributed by atoms with E-state index in [1.807, 2.05) is 13.8 Å². The minimum Gasteiger partial charge on any atom is -0.462 e. The van der Waals surface area contributed by atoms with Crippen molar-refractivity contribution in [3.63, 3.8) is 0 Å². The molecule has 0 saturated heterocycles. The van der Waals surface area contributed by atoms with E-state index < -0.39 is 11.9 Å². The largest absolute Gasteiger partial charge is 0.462 e. The van der Waals surface area contributed by atoms with Gasteiger partial charge in [0.15, 0.2) is 0 Å². The zero-order valence-corrected chi connectivity index (χ0v) is 16.7. The number of esters is 1. The molecule has 0 bridgehead atoms. The second kappa shape index (κ2) is 8.35. The summed E-state index contributed by atoms with van der Waals surface area (Å²) >= 11 is 1.33. The highest BCUT2D eigenvalue weighted by Gasteiger charge is 2.20. The number of aromatic nitrogens is 2. The second-order valence-corrected chi connectivity index (χ2v) is 7.59. The molecule has 1 aromatic carbocycles. The van der Waals surface area contributed by atoms with Crippen molar-refractivity contribution in [2.24, 2.45) is 0 Å². The molecule has 0 spiro atoms. The molecule has 7 nitrogen and oxygen atoms in total. The number of anilines is 1. The summed E-state index contributed by atoms with van der Waals surface area (Å²) in [7, 11) is 0. The molecule has 0 atom stereocenters. The van der Waals surface area contributed by atoms with Crippen LogP contribution in [0.4, 0.5) is 5.00 Å². The summed E-state index contributed by atoms with van der Waals surface area (Å²) < 4.78 is 6.33. The van der Waals surface area contributed by atoms with Gasteiger partial charge in [-0.1, -0.05) is 26.0 Å². The fourth-order valence-corrected chi connectivity index (χ4v) is 3.75. The van der Waals surface area contributed by atoms with E-state index in [0.29, 0.717) is 21.5 Å². The lowest BCUT2D eigenvalue weighted by Gasteiger charge is -2.08. The van der Waals surface area contributed by atoms with E-state index in [0.717, 1.165) is 4.88 Å². The third-order valence-corrected chi connectivity index (χ3v) is 5.46. The molecule has 1 N–H and O–H groups in total. The van der Waals surface area contributed by atoms with Crippen molar-refractivity contribution in [1.82, 2.24) is 9.55 Å². The molecular formula is C20H21N3O4S. The van der Waals surface area contributed by atoms with Gasteiger partial charge in [0.1, 0.15) is 11.5 Å². The molecule has 0 radical (unpaired) electrons. The van der Waals surface area contributed by atoms with Gasteiger partial charge in [0.2, 0.25) is 5.91 Å². The number of rotatable bonds is 6. The Morgan fingerprint density at radius 2 is 2.04 bits per heavy atom. The number of hydrogen-bond acceptors (Lipinski definition) is 6. The van der Waals surface area contributed by atoms with Crippen molar-refractivity contribution < 1.29 is 14.3 Å². The average molecular weight is 399 g/mol. The molecular weight excluding hydrogens is 378 g/mol. The molecule has 3 aromatic rings. The number of carbonyl (C=O) groups is 2. The summed E-state index contributed by atoms with van der Waals surface area (Å²) in [6.07, 6.45) is 1.35. The summed E-state index contributed by atoms with van der Waals surface area (Å²) in [6, 6.07) is 8.71. The van der Waals surface area contributed by atoms with Crippen LogP contribution in [0.3, 0.4) is 0 Å². The highest BCUT2D eigenvalue weighted by atomic mass is 32.1. The number of thiophene rings is 1. The molecule has 0 fully saturated rings. The van der Waals surface area contributed by atoms with E-state index in [4.69, 9.17) is 4.74 Å². The highest BCUT2D eigenvalue weighted by Crippen LogP contribution is 2.33. The van der Waals surface area contributed by atoms with Gasteiger partial charge in [-0.05, 0) is 31.0 Å². The maximum Gasteiger partial charge on any atom is 0.341 e. The lowest BCUT2D eigenvalue weighted by atomic mass is 10.1. The molecule has 0 aliphatic heterocycles. The molecule has 146 valence electrons. The Kier molecular flexibility index (Phi) is 5.89. The van der Waals surface area contributed by atoms with Crippen LogP contribution in [0.2, 0.25) is 0 Å². The minimum absolute atomic E-state index is 0.201. The first-order chi connectivity index (χ1) is 13.4. The van der Waals surface area contributed by atoms with E-state index in [2.05, 4.69) is 10.3 Å². The quantitative estimate of drug-likeness (QED) is 0.642. The van der Waals surface area contributed by atoms with Gasteiger partial charge in [-0.2, -0.15) is 0 Å². The third-order valence-electron chi connectivity index (χ3n) is 4.11. The average Bonchev–Trinajstić information content (AvgIpc) is 3.08. The summed E-state index contributed by atoms with van der Waals surface area (Å²) in [5.41, 5.74) is 0.613. The van der Waals surface area contributed by atoms with Crippen molar-refractivity contribution in [3.8, 4) is 0 Å². The second-order valence-electron chi connectivity index (χ2n) is 6.51. The van der Waals surface area contributed by atoms with Gasteiger partial charge < -0.3 is 10.1 Å². The van der Waals surface area contributed by atoms with Gasteiger partial charge in [0.25, 0.3) is 5.56 Å². The van der Waals surface area contributed by atoms with Crippen LogP contribution in [0.5, 0.6) is 0 Å². The number of nitrogens with zero attached hydrogens (tertiary/aromatic N) is 2. The van der Waals surface area contributed by atoms with Crippen LogP contribution < -0.4 is 10.9 Å². The predicted octanol–water partition coefficient (Wildman–Crippen LogP) is 3.40. The van der Waals surface area contributed by atoms with Gasteiger partial charge in [-0.15, -0.1) is 11.3 Å². The zero-order valence-electron chi connectivity index (χ0n) is 15.9. The normalized spacial score (nSPS) is 11.0. The van der Waals surface area contributed by atoms with E-state index in [1.165, 1.54) is 22.2 Å². The van der Waals surface area contributed by atoms with Crippen molar-refractivity contribution in [1.29, 1.82) is 0 Å². The van der Waals surface area contributed by atoms with Gasteiger partial charge in [-0.3, -0.25) is 14.2 Å². The zero-order chi connectivity index (χ0) is 20.3. The van der Waals surface area contributed by atoms with E-state index in [1.54, 1.807) is 37.3 Å². The first kappa shape index (κ1) is 19.8. The smallest absolute Gasteiger partial charge is 0.341 e. The molecule has 0 unspecified atom stereocenters. The summed E-state index contributed by atoms with van der Waals surface area (Å²) in [5.74, 6) is -0.691. The molecule has 2 aromatic heterocycles. The fraction of sp³-hybridized carbons (Fsp3) is 0.300. The summed E-state index contributed by atoms with van der Waals surface area (Å²) in [6.45, 7) is 5.79. The Bertz CT molecular complexity index is 1080. The first-order valence-corrected chi connectivity index (χ1v) is 9.77. The fourth-order valence-electron chi connectivity index (χ4n) is 2.69. The van der Waals surface area contributed by atoms with Crippen molar-refractivity contribution in [2.75, 3.05) is 11.9 Å². The Labute approximate surface area is 166 Å². The van der Waals surface area contributed by atoms with Crippen LogP contribution >= 0.6 is 11.3 Å². The van der Waals surface area contributed by atoms with Gasteiger partial charge in [-0.25, -0.2) is 9.78 Å². The number of para-hydroxylation sites is 1. The maximum absolute atomic E-state index is 12.5. The maximum atomic E-state index is 12.5. The Morgan fingerprint density at radius 1 is 1.29 bits per heavy atom. The molecule has 1 amide bonds. The van der Waals surface area contributed by atoms with Crippen LogP contribution in [0.1, 0.15) is 41.9 Å². The van der Waals surface area contributed by atoms with Gasteiger partial charge in [0.05, 0.1) is 29.4 Å². The van der Waals surface area contributed by atoms with Gasteiger partial charge in [0, 0.05) is 4.88 Å². The summed E-state index contributed by atoms with van der Waals surface area (Å²) in [4.78, 5) is 42.5. The minimum atomic E-state index is -0.481. The van der Waals surface area contributed by atoms with Crippen LogP contribution in [-0.4, -0.2) is 28.0 Å². The van der Waals surface area contributed by atoms with E-state index >= 15 is 0 Å². The molecule has 8 heteroatoms. The molecule has 2 heterocycles. The molecule has 3 rings (SSSR count). The Morgan fingerprint density at radius 3 is 2.75 bits per heavy atom. The first-order valence-electron chi connectivity index (χ1n) is 8.95. The van der Waals surface area contributed by atoms with Crippen LogP contribution in [0.15, 0.2) is 41.5 Å². The summed E-state index contributed by atoms with van der Waals surface area (Å²) in [5, 5.41) is 3.61. The van der Waals surface area contributed by atoms with Crippen LogP contribution in [0.25, 0.3) is 10.9 Å². The predicted molar refractivity (Wildman–Crippen MR) is 109 cm³/mol. The number of fused-ring (bicyclic) bond motifs is 1. The number of benzene rings is 1. The highest BCUT2D eigenvalue weighted by molar-refractivity contribution is 7.16. The standard InChI is InChI=1S/C20H21N3O4S/c1-4-27-20(26)14-9-16(12(2)3)28-18(14)22-17(24)10-23-11-21-15-8-6-5-7-13(15)19(23)25/h5-9,11-12H,4,10H2,1-3H3,(H,22,24). The lowest BCUT2D eigenvalue weighted by molar-refractivity contribution is -0.116. The van der Waals surface area contributed by atoms with Crippen LogP contribution in [0, 0.1) is 0 Å². The lowest BCUT2D eigenvalue weighted by Crippen LogP contribution is -2.28. The molecule has 0 saturated carbocycles. The SMILES string of the molecule is CCOC(=O)c1cc(C(C)C)sc1NC(=O)Cn1cnc2ccccc2c1=O.